The van der Waals surface area contributed by atoms with Gasteiger partial charge in [0.25, 0.3) is 0 Å². The first-order chi connectivity index (χ1) is 12.1. The number of hydrogen-bond donors (Lipinski definition) is 1. The van der Waals surface area contributed by atoms with Gasteiger partial charge in [0, 0.05) is 35.2 Å². The zero-order chi connectivity index (χ0) is 17.4. The Morgan fingerprint density at radius 1 is 1.00 bits per heavy atom. The van der Waals surface area contributed by atoms with E-state index in [1.807, 2.05) is 18.2 Å². The lowest BCUT2D eigenvalue weighted by Gasteiger charge is -2.04. The summed E-state index contributed by atoms with van der Waals surface area (Å²) < 4.78 is 2.19. The molecule has 0 saturated heterocycles. The minimum Gasteiger partial charge on any atom is -0.506 e. The van der Waals surface area contributed by atoms with Crippen LogP contribution < -0.4 is 4.57 Å². The molecule has 0 saturated carbocycles. The maximum atomic E-state index is 9.98. The molecule has 3 heteroatoms. The van der Waals surface area contributed by atoms with Gasteiger partial charge in [0.2, 0.25) is 11.2 Å². The summed E-state index contributed by atoms with van der Waals surface area (Å²) in [4.78, 5) is 4.27. The number of benzene rings is 2. The van der Waals surface area contributed by atoms with Gasteiger partial charge in [-0.3, -0.25) is 4.98 Å². The molecule has 25 heavy (non-hydrogen) atoms. The molecule has 0 aliphatic carbocycles. The van der Waals surface area contributed by atoms with Crippen LogP contribution >= 0.6 is 0 Å². The molecule has 0 unspecified atom stereocenters. The molecule has 0 atom stereocenters. The normalized spacial score (nSPS) is 11.6. The number of phenols is 1. The van der Waals surface area contributed by atoms with E-state index in [0.29, 0.717) is 5.52 Å². The van der Waals surface area contributed by atoms with Crippen LogP contribution in [0.5, 0.6) is 5.75 Å². The van der Waals surface area contributed by atoms with E-state index >= 15 is 0 Å². The molecule has 122 valence electrons. The van der Waals surface area contributed by atoms with Crippen LogP contribution in [0, 0.1) is 6.92 Å². The van der Waals surface area contributed by atoms with Crippen LogP contribution in [-0.4, -0.2) is 10.1 Å². The zero-order valence-electron chi connectivity index (χ0n) is 14.3. The van der Waals surface area contributed by atoms with E-state index in [1.54, 1.807) is 12.3 Å². The first-order valence-corrected chi connectivity index (χ1v) is 8.28. The molecule has 4 rings (SSSR count). The van der Waals surface area contributed by atoms with E-state index in [9.17, 15) is 5.11 Å². The van der Waals surface area contributed by atoms with Crippen molar-refractivity contribution in [3.8, 4) is 5.75 Å². The molecule has 2 aromatic heterocycles. The van der Waals surface area contributed by atoms with Gasteiger partial charge in [-0.15, -0.1) is 0 Å². The number of phenolic OH excluding ortho intramolecular Hbond substituents is 1. The van der Waals surface area contributed by atoms with Crippen molar-refractivity contribution in [3.63, 3.8) is 0 Å². The highest BCUT2D eigenvalue weighted by Crippen LogP contribution is 2.25. The number of aryl methyl sites for hydroxylation is 2. The Balaban J connectivity index is 1.80. The largest absolute Gasteiger partial charge is 0.506 e. The summed E-state index contributed by atoms with van der Waals surface area (Å²) in [5.41, 5.74) is 5.23. The molecule has 0 aliphatic heterocycles. The van der Waals surface area contributed by atoms with Gasteiger partial charge in [-0.1, -0.05) is 23.8 Å². The average molecular weight is 327 g/mol. The number of aromatic hydroxyl groups is 1. The van der Waals surface area contributed by atoms with Crippen molar-refractivity contribution in [1.29, 1.82) is 0 Å². The molecule has 0 spiro atoms. The van der Waals surface area contributed by atoms with E-state index in [4.69, 9.17) is 0 Å². The number of hydrogen-bond acceptors (Lipinski definition) is 2. The third kappa shape index (κ3) is 2.74. The highest BCUT2D eigenvalue weighted by atomic mass is 16.3. The lowest BCUT2D eigenvalue weighted by atomic mass is 10.1. The Bertz CT molecular complexity index is 1130. The van der Waals surface area contributed by atoms with Crippen molar-refractivity contribution in [1.82, 2.24) is 4.98 Å². The van der Waals surface area contributed by atoms with Gasteiger partial charge in [0.1, 0.15) is 18.3 Å². The van der Waals surface area contributed by atoms with Gasteiger partial charge in [-0.05, 0) is 42.8 Å². The number of nitrogens with zero attached hydrogens (tertiary/aromatic N) is 2. The van der Waals surface area contributed by atoms with Gasteiger partial charge in [0.05, 0.1) is 0 Å². The fourth-order valence-electron chi connectivity index (χ4n) is 3.21. The SMILES string of the molecule is Cc1ccc2c(ccc(/C=C/c3ccnc4c(O)cccc34)[n+]2C)c1. The van der Waals surface area contributed by atoms with E-state index < -0.39 is 0 Å². The van der Waals surface area contributed by atoms with Gasteiger partial charge in [0.15, 0.2) is 0 Å². The summed E-state index contributed by atoms with van der Waals surface area (Å²) in [6.07, 6.45) is 5.89. The Hall–Kier alpha value is -3.20. The second-order valence-corrected chi connectivity index (χ2v) is 6.29. The predicted molar refractivity (Wildman–Crippen MR) is 102 cm³/mol. The molecule has 0 bridgehead atoms. The first-order valence-electron chi connectivity index (χ1n) is 8.28. The summed E-state index contributed by atoms with van der Waals surface area (Å²) in [6.45, 7) is 2.11. The maximum Gasteiger partial charge on any atom is 0.212 e. The second-order valence-electron chi connectivity index (χ2n) is 6.29. The Morgan fingerprint density at radius 3 is 2.76 bits per heavy atom. The van der Waals surface area contributed by atoms with Gasteiger partial charge in [-0.2, -0.15) is 4.57 Å². The van der Waals surface area contributed by atoms with Crippen LogP contribution in [0.2, 0.25) is 0 Å². The first kappa shape index (κ1) is 15.3. The van der Waals surface area contributed by atoms with Gasteiger partial charge in [-0.25, -0.2) is 0 Å². The predicted octanol–water partition coefficient (Wildman–Crippen LogP) is 4.40. The summed E-state index contributed by atoms with van der Waals surface area (Å²) in [6, 6.07) is 18.2. The third-order valence-electron chi connectivity index (χ3n) is 4.58. The molecule has 2 aromatic carbocycles. The molecule has 0 fully saturated rings. The molecule has 4 aromatic rings. The highest BCUT2D eigenvalue weighted by Gasteiger charge is 2.09. The minimum atomic E-state index is 0.208. The molecule has 0 aliphatic rings. The molecule has 3 nitrogen and oxygen atoms in total. The third-order valence-corrected chi connectivity index (χ3v) is 4.58. The molecular weight excluding hydrogens is 308 g/mol. The summed E-state index contributed by atoms with van der Waals surface area (Å²) >= 11 is 0. The zero-order valence-corrected chi connectivity index (χ0v) is 14.3. The summed E-state index contributed by atoms with van der Waals surface area (Å²) in [5, 5.41) is 12.2. The van der Waals surface area contributed by atoms with Crippen molar-refractivity contribution in [3.05, 3.63) is 77.6 Å². The Kier molecular flexibility index (Phi) is 3.69. The minimum absolute atomic E-state index is 0.208. The van der Waals surface area contributed by atoms with Crippen LogP contribution in [0.4, 0.5) is 0 Å². The van der Waals surface area contributed by atoms with Crippen LogP contribution in [0.15, 0.2) is 60.8 Å². The number of aromatic nitrogens is 2. The Morgan fingerprint density at radius 2 is 1.88 bits per heavy atom. The van der Waals surface area contributed by atoms with Crippen molar-refractivity contribution in [2.75, 3.05) is 0 Å². The van der Waals surface area contributed by atoms with Crippen LogP contribution in [0.25, 0.3) is 34.0 Å². The fourth-order valence-corrected chi connectivity index (χ4v) is 3.21. The van der Waals surface area contributed by atoms with Crippen LogP contribution in [0.1, 0.15) is 16.8 Å². The van der Waals surface area contributed by atoms with E-state index in [0.717, 1.165) is 16.6 Å². The van der Waals surface area contributed by atoms with E-state index in [1.165, 1.54) is 16.5 Å². The number of pyridine rings is 2. The summed E-state index contributed by atoms with van der Waals surface area (Å²) in [5.74, 6) is 0.208. The highest BCUT2D eigenvalue weighted by molar-refractivity contribution is 5.93. The van der Waals surface area contributed by atoms with Gasteiger partial charge < -0.3 is 5.11 Å². The lowest BCUT2D eigenvalue weighted by Crippen LogP contribution is -2.32. The van der Waals surface area contributed by atoms with Crippen molar-refractivity contribution < 1.29 is 9.67 Å². The van der Waals surface area contributed by atoms with Crippen molar-refractivity contribution in [2.24, 2.45) is 7.05 Å². The number of rotatable bonds is 2. The number of fused-ring (bicyclic) bond motifs is 2. The Labute approximate surface area is 146 Å². The summed E-state index contributed by atoms with van der Waals surface area (Å²) in [7, 11) is 2.08. The molecule has 0 amide bonds. The average Bonchev–Trinajstić information content (AvgIpc) is 2.61. The number of para-hydroxylation sites is 1. The monoisotopic (exact) mass is 327 g/mol. The maximum absolute atomic E-state index is 9.98. The quantitative estimate of drug-likeness (QED) is 0.554. The van der Waals surface area contributed by atoms with E-state index in [2.05, 4.69) is 66.0 Å². The van der Waals surface area contributed by atoms with Crippen molar-refractivity contribution in [2.45, 2.75) is 6.92 Å². The topological polar surface area (TPSA) is 37.0 Å². The van der Waals surface area contributed by atoms with Crippen LogP contribution in [-0.2, 0) is 7.05 Å². The fraction of sp³-hybridized carbons (Fsp3) is 0.0909. The van der Waals surface area contributed by atoms with Crippen LogP contribution in [0.3, 0.4) is 0 Å². The lowest BCUT2D eigenvalue weighted by molar-refractivity contribution is -0.646. The van der Waals surface area contributed by atoms with Gasteiger partial charge >= 0.3 is 0 Å². The van der Waals surface area contributed by atoms with E-state index in [-0.39, 0.29) is 5.75 Å². The molecular formula is C22H19N2O+. The molecule has 1 N–H and O–H groups in total. The molecule has 0 radical (unpaired) electrons. The second kappa shape index (κ2) is 6.02. The van der Waals surface area contributed by atoms with Crippen molar-refractivity contribution >= 4 is 34.0 Å². The smallest absolute Gasteiger partial charge is 0.212 e. The standard InChI is InChI=1S/C22H18N2O/c1-15-6-11-20-17(14-15)8-10-18(24(20)2)9-7-16-12-13-23-22-19(16)4-3-5-21(22)25/h3-14H,1-2H3/p+1. The molecule has 2 heterocycles.